The van der Waals surface area contributed by atoms with Crippen molar-refractivity contribution in [2.75, 3.05) is 47.0 Å². The molecule has 0 saturated carbocycles. The number of likely N-dealkylation sites (N-methyl/N-ethyl adjacent to an activating group) is 1. The maximum absolute atomic E-state index is 6.25. The van der Waals surface area contributed by atoms with Crippen LogP contribution in [-0.2, 0) is 15.9 Å². The normalized spacial score (nSPS) is 23.9. The summed E-state index contributed by atoms with van der Waals surface area (Å²) in [6.45, 7) is 6.32. The number of benzene rings is 1. The number of fused-ring (bicyclic) bond motifs is 3. The molecule has 5 nitrogen and oxygen atoms in total. The molecule has 152 valence electrons. The molecule has 5 heteroatoms. The topological polar surface area (TPSA) is 34.2 Å². The van der Waals surface area contributed by atoms with Gasteiger partial charge >= 0.3 is 0 Å². The van der Waals surface area contributed by atoms with E-state index in [-0.39, 0.29) is 12.3 Å². The highest BCUT2D eigenvalue weighted by atomic mass is 16.5. The van der Waals surface area contributed by atoms with Crippen LogP contribution in [0.3, 0.4) is 0 Å². The highest BCUT2D eigenvalue weighted by molar-refractivity contribution is 5.75. The van der Waals surface area contributed by atoms with Crippen LogP contribution >= 0.6 is 0 Å². The molecule has 0 N–H and O–H groups in total. The van der Waals surface area contributed by atoms with Crippen LogP contribution in [0.15, 0.2) is 35.9 Å². The van der Waals surface area contributed by atoms with Crippen molar-refractivity contribution < 1.29 is 14.2 Å². The van der Waals surface area contributed by atoms with Crippen LogP contribution in [0.2, 0.25) is 0 Å². The third kappa shape index (κ3) is 4.27. The van der Waals surface area contributed by atoms with E-state index in [1.807, 2.05) is 0 Å². The van der Waals surface area contributed by atoms with Gasteiger partial charge in [0.2, 0.25) is 0 Å². The SMILES string of the molecule is CC1=C2c3ccc(OCCN(C)C)cc3CCN2C(OCC2CCCO2)C=C1. The van der Waals surface area contributed by atoms with Gasteiger partial charge in [-0.05, 0) is 75.7 Å². The van der Waals surface area contributed by atoms with Gasteiger partial charge in [0.1, 0.15) is 18.6 Å². The summed E-state index contributed by atoms with van der Waals surface area (Å²) in [6.07, 6.45) is 7.88. The summed E-state index contributed by atoms with van der Waals surface area (Å²) < 4.78 is 17.9. The number of hydrogen-bond donors (Lipinski definition) is 0. The molecule has 3 heterocycles. The van der Waals surface area contributed by atoms with Crippen LogP contribution in [0.5, 0.6) is 5.75 Å². The van der Waals surface area contributed by atoms with Gasteiger partial charge in [0.05, 0.1) is 12.7 Å². The molecule has 0 spiro atoms. The highest BCUT2D eigenvalue weighted by Gasteiger charge is 2.31. The van der Waals surface area contributed by atoms with Gasteiger partial charge in [-0.25, -0.2) is 0 Å². The van der Waals surface area contributed by atoms with Crippen LogP contribution in [-0.4, -0.2) is 69.1 Å². The Morgan fingerprint density at radius 3 is 2.96 bits per heavy atom. The minimum absolute atomic E-state index is 0.00734. The van der Waals surface area contributed by atoms with E-state index in [4.69, 9.17) is 14.2 Å². The van der Waals surface area contributed by atoms with Crippen LogP contribution in [0.4, 0.5) is 0 Å². The highest BCUT2D eigenvalue weighted by Crippen LogP contribution is 2.37. The van der Waals surface area contributed by atoms with Crippen molar-refractivity contribution in [1.82, 2.24) is 9.80 Å². The monoisotopic (exact) mass is 384 g/mol. The fraction of sp³-hybridized carbons (Fsp3) is 0.565. The summed E-state index contributed by atoms with van der Waals surface area (Å²) in [5.41, 5.74) is 5.25. The average Bonchev–Trinajstić information content (AvgIpc) is 3.20. The Hall–Kier alpha value is -1.82. The quantitative estimate of drug-likeness (QED) is 0.721. The predicted octanol–water partition coefficient (Wildman–Crippen LogP) is 3.31. The fourth-order valence-electron chi connectivity index (χ4n) is 4.18. The molecular weight excluding hydrogens is 352 g/mol. The fourth-order valence-corrected chi connectivity index (χ4v) is 4.18. The van der Waals surface area contributed by atoms with Gasteiger partial charge in [0, 0.05) is 31.0 Å². The Balaban J connectivity index is 1.47. The van der Waals surface area contributed by atoms with E-state index >= 15 is 0 Å². The molecule has 2 unspecified atom stereocenters. The summed E-state index contributed by atoms with van der Waals surface area (Å²) in [4.78, 5) is 4.54. The third-order valence-electron chi connectivity index (χ3n) is 5.72. The number of allylic oxidation sites excluding steroid dienone is 2. The van der Waals surface area contributed by atoms with Crippen molar-refractivity contribution in [1.29, 1.82) is 0 Å². The Morgan fingerprint density at radius 1 is 1.29 bits per heavy atom. The minimum Gasteiger partial charge on any atom is -0.492 e. The molecule has 1 aromatic rings. The zero-order chi connectivity index (χ0) is 19.5. The second-order valence-corrected chi connectivity index (χ2v) is 8.16. The molecule has 0 aromatic heterocycles. The van der Waals surface area contributed by atoms with E-state index in [0.29, 0.717) is 13.2 Å². The van der Waals surface area contributed by atoms with Crippen molar-refractivity contribution >= 4 is 5.70 Å². The van der Waals surface area contributed by atoms with Gasteiger partial charge in [-0.15, -0.1) is 0 Å². The van der Waals surface area contributed by atoms with Crippen molar-refractivity contribution in [3.63, 3.8) is 0 Å². The Labute approximate surface area is 168 Å². The molecule has 2 atom stereocenters. The van der Waals surface area contributed by atoms with Crippen molar-refractivity contribution in [3.8, 4) is 5.75 Å². The van der Waals surface area contributed by atoms with Gasteiger partial charge in [-0.2, -0.15) is 0 Å². The van der Waals surface area contributed by atoms with E-state index < -0.39 is 0 Å². The summed E-state index contributed by atoms with van der Waals surface area (Å²) in [7, 11) is 4.13. The third-order valence-corrected chi connectivity index (χ3v) is 5.72. The molecule has 4 rings (SSSR count). The molecule has 3 aliphatic heterocycles. The lowest BCUT2D eigenvalue weighted by Gasteiger charge is -2.41. The second kappa shape index (κ2) is 8.68. The number of nitrogens with zero attached hydrogens (tertiary/aromatic N) is 2. The maximum atomic E-state index is 6.25. The van der Waals surface area contributed by atoms with Gasteiger partial charge in [0.15, 0.2) is 0 Å². The largest absolute Gasteiger partial charge is 0.492 e. The van der Waals surface area contributed by atoms with Crippen LogP contribution in [0.25, 0.3) is 5.70 Å². The summed E-state index contributed by atoms with van der Waals surface area (Å²) in [5.74, 6) is 0.963. The van der Waals surface area contributed by atoms with Crippen LogP contribution in [0, 0.1) is 0 Å². The zero-order valence-electron chi connectivity index (χ0n) is 17.3. The first-order valence-electron chi connectivity index (χ1n) is 10.4. The second-order valence-electron chi connectivity index (χ2n) is 8.16. The molecular formula is C23H32N2O3. The lowest BCUT2D eigenvalue weighted by molar-refractivity contribution is -0.0492. The molecule has 28 heavy (non-hydrogen) atoms. The standard InChI is InChI=1S/C23H32N2O3/c1-17-6-9-22(28-16-20-5-4-13-26-20)25-11-10-18-15-19(27-14-12-24(2)3)7-8-21(18)23(17)25/h6-9,15,20,22H,4-5,10-14,16H2,1-3H3. The predicted molar refractivity (Wildman–Crippen MR) is 111 cm³/mol. The molecule has 1 aromatic carbocycles. The number of ether oxygens (including phenoxy) is 3. The van der Waals surface area contributed by atoms with E-state index in [0.717, 1.165) is 44.7 Å². The van der Waals surface area contributed by atoms with Crippen molar-refractivity contribution in [2.45, 2.75) is 38.5 Å². The first kappa shape index (κ1) is 19.5. The molecule has 1 fully saturated rings. The molecule has 3 aliphatic rings. The van der Waals surface area contributed by atoms with Crippen LogP contribution in [0.1, 0.15) is 30.9 Å². The molecule has 0 radical (unpaired) electrons. The number of rotatable bonds is 7. The summed E-state index contributed by atoms with van der Waals surface area (Å²) in [5, 5.41) is 0. The van der Waals surface area contributed by atoms with Crippen LogP contribution < -0.4 is 4.74 Å². The van der Waals surface area contributed by atoms with Gasteiger partial charge in [-0.1, -0.05) is 6.08 Å². The Kier molecular flexibility index (Phi) is 6.04. The van der Waals surface area contributed by atoms with E-state index in [1.54, 1.807) is 0 Å². The lowest BCUT2D eigenvalue weighted by Crippen LogP contribution is -2.42. The zero-order valence-corrected chi connectivity index (χ0v) is 17.3. The molecule has 0 bridgehead atoms. The minimum atomic E-state index is -0.00734. The first-order valence-corrected chi connectivity index (χ1v) is 10.4. The average molecular weight is 385 g/mol. The van der Waals surface area contributed by atoms with Crippen molar-refractivity contribution in [3.05, 3.63) is 47.1 Å². The van der Waals surface area contributed by atoms with E-state index in [1.165, 1.54) is 22.4 Å². The Morgan fingerprint density at radius 2 is 2.18 bits per heavy atom. The van der Waals surface area contributed by atoms with Crippen molar-refractivity contribution in [2.24, 2.45) is 0 Å². The summed E-state index contributed by atoms with van der Waals surface area (Å²) >= 11 is 0. The Bertz CT molecular complexity index is 750. The molecule has 1 saturated heterocycles. The molecule has 0 amide bonds. The lowest BCUT2D eigenvalue weighted by atomic mass is 9.91. The van der Waals surface area contributed by atoms with Gasteiger partial charge in [0.25, 0.3) is 0 Å². The van der Waals surface area contributed by atoms with Gasteiger partial charge < -0.3 is 24.0 Å². The number of hydrogen-bond acceptors (Lipinski definition) is 5. The first-order chi connectivity index (χ1) is 13.6. The molecule has 0 aliphatic carbocycles. The van der Waals surface area contributed by atoms with E-state index in [2.05, 4.69) is 61.2 Å². The maximum Gasteiger partial charge on any atom is 0.149 e. The summed E-state index contributed by atoms with van der Waals surface area (Å²) in [6, 6.07) is 6.52. The van der Waals surface area contributed by atoms with Gasteiger partial charge in [-0.3, -0.25) is 0 Å². The van der Waals surface area contributed by atoms with E-state index in [9.17, 15) is 0 Å². The smallest absolute Gasteiger partial charge is 0.149 e.